The standard InChI is InChI=1S/C17H26N2OS/c1-17(2,3)15(18-11-21)16(20)19-14-10-6-8-12-7-4-5-9-13(12)14/h4-5,7,9,14-15,18,21H,6,8,10-11H2,1-3H3,(H,19,20)/t14?,15-/m1/s1. The van der Waals surface area contributed by atoms with Crippen LogP contribution in [0.5, 0.6) is 0 Å². The fraction of sp³-hybridized carbons (Fsp3) is 0.588. The fourth-order valence-electron chi connectivity index (χ4n) is 3.04. The van der Waals surface area contributed by atoms with Crippen LogP contribution in [0.25, 0.3) is 0 Å². The number of hydrogen-bond acceptors (Lipinski definition) is 3. The third-order valence-corrected chi connectivity index (χ3v) is 4.29. The summed E-state index contributed by atoms with van der Waals surface area (Å²) < 4.78 is 0. The van der Waals surface area contributed by atoms with Crippen LogP contribution in [-0.4, -0.2) is 17.8 Å². The molecule has 1 aliphatic carbocycles. The Kier molecular flexibility index (Phi) is 5.33. The second-order valence-electron chi connectivity index (χ2n) is 6.81. The van der Waals surface area contributed by atoms with Crippen molar-refractivity contribution in [1.82, 2.24) is 10.6 Å². The summed E-state index contributed by atoms with van der Waals surface area (Å²) in [4.78, 5) is 12.7. The number of nitrogens with one attached hydrogen (secondary N) is 2. The van der Waals surface area contributed by atoms with Crippen LogP contribution in [0, 0.1) is 5.41 Å². The van der Waals surface area contributed by atoms with Crippen LogP contribution >= 0.6 is 12.6 Å². The third-order valence-electron chi connectivity index (χ3n) is 4.11. The van der Waals surface area contributed by atoms with E-state index in [4.69, 9.17) is 0 Å². The van der Waals surface area contributed by atoms with E-state index < -0.39 is 0 Å². The van der Waals surface area contributed by atoms with Crippen LogP contribution in [0.15, 0.2) is 24.3 Å². The maximum atomic E-state index is 12.7. The van der Waals surface area contributed by atoms with Crippen molar-refractivity contribution in [2.45, 2.75) is 52.1 Å². The van der Waals surface area contributed by atoms with Gasteiger partial charge in [-0.3, -0.25) is 10.1 Å². The van der Waals surface area contributed by atoms with Gasteiger partial charge in [0.05, 0.1) is 12.1 Å². The molecule has 0 aliphatic heterocycles. The minimum Gasteiger partial charge on any atom is -0.348 e. The molecule has 2 rings (SSSR count). The molecule has 1 aromatic rings. The molecule has 0 spiro atoms. The summed E-state index contributed by atoms with van der Waals surface area (Å²) in [5, 5.41) is 6.42. The lowest BCUT2D eigenvalue weighted by molar-refractivity contribution is -0.126. The van der Waals surface area contributed by atoms with E-state index in [2.05, 4.69) is 68.3 Å². The van der Waals surface area contributed by atoms with Crippen molar-refractivity contribution in [1.29, 1.82) is 0 Å². The molecule has 116 valence electrons. The topological polar surface area (TPSA) is 41.1 Å². The predicted octanol–water partition coefficient (Wildman–Crippen LogP) is 3.07. The number of amides is 1. The van der Waals surface area contributed by atoms with Crippen molar-refractivity contribution in [2.24, 2.45) is 5.41 Å². The molecule has 2 N–H and O–H groups in total. The Morgan fingerprint density at radius 1 is 1.38 bits per heavy atom. The summed E-state index contributed by atoms with van der Waals surface area (Å²) in [7, 11) is 0. The quantitative estimate of drug-likeness (QED) is 0.591. The summed E-state index contributed by atoms with van der Waals surface area (Å²) in [5.74, 6) is 0.564. The van der Waals surface area contributed by atoms with Crippen LogP contribution in [0.2, 0.25) is 0 Å². The van der Waals surface area contributed by atoms with E-state index in [-0.39, 0.29) is 23.4 Å². The van der Waals surface area contributed by atoms with Gasteiger partial charge in [-0.1, -0.05) is 45.0 Å². The molecule has 3 nitrogen and oxygen atoms in total. The number of rotatable bonds is 4. The zero-order valence-corrected chi connectivity index (χ0v) is 14.0. The van der Waals surface area contributed by atoms with Gasteiger partial charge in [0.1, 0.15) is 0 Å². The summed E-state index contributed by atoms with van der Waals surface area (Å²) in [6.45, 7) is 6.22. The zero-order valence-electron chi connectivity index (χ0n) is 13.1. The smallest absolute Gasteiger partial charge is 0.238 e. The van der Waals surface area contributed by atoms with Gasteiger partial charge in [-0.15, -0.1) is 0 Å². The largest absolute Gasteiger partial charge is 0.348 e. The van der Waals surface area contributed by atoms with Gasteiger partial charge in [0.25, 0.3) is 0 Å². The molecule has 21 heavy (non-hydrogen) atoms. The molecule has 0 bridgehead atoms. The minimum atomic E-state index is -0.232. The monoisotopic (exact) mass is 306 g/mol. The number of benzene rings is 1. The minimum absolute atomic E-state index is 0.0678. The van der Waals surface area contributed by atoms with E-state index in [0.717, 1.165) is 19.3 Å². The van der Waals surface area contributed by atoms with Gasteiger partial charge in [-0.05, 0) is 35.8 Å². The Labute approximate surface area is 133 Å². The van der Waals surface area contributed by atoms with E-state index in [9.17, 15) is 4.79 Å². The number of carbonyl (C=O) groups excluding carboxylic acids is 1. The van der Waals surface area contributed by atoms with Crippen LogP contribution in [0.4, 0.5) is 0 Å². The second-order valence-corrected chi connectivity index (χ2v) is 7.13. The van der Waals surface area contributed by atoms with Crippen molar-refractivity contribution in [2.75, 3.05) is 5.88 Å². The highest BCUT2D eigenvalue weighted by atomic mass is 32.1. The number of thiol groups is 1. The van der Waals surface area contributed by atoms with Gasteiger partial charge in [0.2, 0.25) is 5.91 Å². The highest BCUT2D eigenvalue weighted by Crippen LogP contribution is 2.30. The molecule has 2 atom stereocenters. The molecule has 0 saturated heterocycles. The molecular formula is C17H26N2OS. The zero-order chi connectivity index (χ0) is 15.5. The summed E-state index contributed by atoms with van der Waals surface area (Å²) in [6, 6.07) is 8.33. The highest BCUT2D eigenvalue weighted by Gasteiger charge is 2.32. The van der Waals surface area contributed by atoms with Gasteiger partial charge in [-0.2, -0.15) is 12.6 Å². The Morgan fingerprint density at radius 3 is 2.76 bits per heavy atom. The van der Waals surface area contributed by atoms with Crippen LogP contribution in [0.3, 0.4) is 0 Å². The van der Waals surface area contributed by atoms with E-state index in [1.165, 1.54) is 11.1 Å². The van der Waals surface area contributed by atoms with Crippen molar-refractivity contribution < 1.29 is 4.79 Å². The van der Waals surface area contributed by atoms with Crippen molar-refractivity contribution in [3.63, 3.8) is 0 Å². The Hall–Kier alpha value is -1.00. The normalized spacial score (nSPS) is 19.7. The number of aryl methyl sites for hydroxylation is 1. The Balaban J connectivity index is 2.13. The van der Waals surface area contributed by atoms with Gasteiger partial charge in [0.15, 0.2) is 0 Å². The van der Waals surface area contributed by atoms with E-state index >= 15 is 0 Å². The van der Waals surface area contributed by atoms with Gasteiger partial charge in [-0.25, -0.2) is 0 Å². The average molecular weight is 306 g/mol. The SMILES string of the molecule is CC(C)(C)[C@H](NCS)C(=O)NC1CCCc2ccccc21. The molecule has 1 aromatic carbocycles. The molecule has 0 heterocycles. The first-order valence-corrected chi connectivity index (χ1v) is 8.29. The Morgan fingerprint density at radius 2 is 2.10 bits per heavy atom. The maximum Gasteiger partial charge on any atom is 0.238 e. The number of fused-ring (bicyclic) bond motifs is 1. The third kappa shape index (κ3) is 4.01. The summed E-state index contributed by atoms with van der Waals surface area (Å²) in [5.41, 5.74) is 2.50. The molecule has 0 fully saturated rings. The van der Waals surface area contributed by atoms with Crippen LogP contribution < -0.4 is 10.6 Å². The van der Waals surface area contributed by atoms with Gasteiger partial charge >= 0.3 is 0 Å². The first-order valence-electron chi connectivity index (χ1n) is 7.66. The summed E-state index contributed by atoms with van der Waals surface area (Å²) >= 11 is 4.21. The Bertz CT molecular complexity index is 496. The lowest BCUT2D eigenvalue weighted by Crippen LogP contribution is -2.52. The van der Waals surface area contributed by atoms with Gasteiger partial charge < -0.3 is 5.32 Å². The van der Waals surface area contributed by atoms with Gasteiger partial charge in [0, 0.05) is 5.88 Å². The highest BCUT2D eigenvalue weighted by molar-refractivity contribution is 7.80. The first kappa shape index (κ1) is 16.4. The van der Waals surface area contributed by atoms with Crippen molar-refractivity contribution in [3.05, 3.63) is 35.4 Å². The molecule has 0 radical (unpaired) electrons. The molecule has 1 aliphatic rings. The van der Waals surface area contributed by atoms with Crippen LogP contribution in [-0.2, 0) is 11.2 Å². The number of carbonyl (C=O) groups is 1. The number of hydrogen-bond donors (Lipinski definition) is 3. The van der Waals surface area contributed by atoms with E-state index in [1.807, 2.05) is 0 Å². The molecule has 4 heteroatoms. The van der Waals surface area contributed by atoms with Crippen LogP contribution in [0.1, 0.15) is 50.8 Å². The first-order chi connectivity index (χ1) is 9.93. The molecule has 1 amide bonds. The fourth-order valence-corrected chi connectivity index (χ4v) is 3.22. The molecule has 1 unspecified atom stereocenters. The molecular weight excluding hydrogens is 280 g/mol. The second kappa shape index (κ2) is 6.84. The molecule has 0 aromatic heterocycles. The average Bonchev–Trinajstić information content (AvgIpc) is 2.44. The maximum absolute atomic E-state index is 12.7. The molecule has 0 saturated carbocycles. The summed E-state index contributed by atoms with van der Waals surface area (Å²) in [6.07, 6.45) is 3.25. The lowest BCUT2D eigenvalue weighted by Gasteiger charge is -2.33. The predicted molar refractivity (Wildman–Crippen MR) is 90.5 cm³/mol. The van der Waals surface area contributed by atoms with E-state index in [0.29, 0.717) is 5.88 Å². The van der Waals surface area contributed by atoms with Crippen molar-refractivity contribution >= 4 is 18.5 Å². The van der Waals surface area contributed by atoms with E-state index in [1.54, 1.807) is 0 Å². The van der Waals surface area contributed by atoms with Crippen molar-refractivity contribution in [3.8, 4) is 0 Å². The lowest BCUT2D eigenvalue weighted by atomic mass is 9.84.